The molecule has 3 N–H and O–H groups in total. The van der Waals surface area contributed by atoms with Gasteiger partial charge in [0.2, 0.25) is 11.9 Å². The Morgan fingerprint density at radius 3 is 2.81 bits per heavy atom. The molecule has 1 saturated heterocycles. The van der Waals surface area contributed by atoms with Crippen LogP contribution < -0.4 is 20.7 Å². The summed E-state index contributed by atoms with van der Waals surface area (Å²) in [6.45, 7) is 1.62. The molecule has 2 aromatic carbocycles. The molecule has 10 heteroatoms. The minimum Gasteiger partial charge on any atom is -0.497 e. The maximum Gasteiger partial charge on any atom is 0.243 e. The van der Waals surface area contributed by atoms with Gasteiger partial charge in [-0.2, -0.15) is 4.52 Å². The lowest BCUT2D eigenvalue weighted by Crippen LogP contribution is -2.42. The van der Waals surface area contributed by atoms with Gasteiger partial charge in [0.25, 0.3) is 0 Å². The number of anilines is 1. The lowest BCUT2D eigenvalue weighted by atomic mass is 10.2. The van der Waals surface area contributed by atoms with E-state index in [1.54, 1.807) is 19.2 Å². The Hall–Kier alpha value is -3.79. The summed E-state index contributed by atoms with van der Waals surface area (Å²) in [4.78, 5) is 21.5. The van der Waals surface area contributed by atoms with Gasteiger partial charge in [-0.25, -0.2) is 14.4 Å². The molecule has 31 heavy (non-hydrogen) atoms. The van der Waals surface area contributed by atoms with Gasteiger partial charge in [-0.05, 0) is 36.4 Å². The molecule has 1 atom stereocenters. The second-order valence-electron chi connectivity index (χ2n) is 7.16. The molecule has 3 heterocycles. The first-order valence-electron chi connectivity index (χ1n) is 9.88. The summed E-state index contributed by atoms with van der Waals surface area (Å²) in [6, 6.07) is 11.4. The molecular formula is C21H20FN7O2. The Morgan fingerprint density at radius 2 is 2.00 bits per heavy atom. The van der Waals surface area contributed by atoms with Gasteiger partial charge < -0.3 is 20.7 Å². The predicted molar refractivity (Wildman–Crippen MR) is 114 cm³/mol. The number of methoxy groups -OCH3 is 1. The quantitative estimate of drug-likeness (QED) is 0.460. The summed E-state index contributed by atoms with van der Waals surface area (Å²) < 4.78 is 21.3. The number of fused-ring (bicyclic) bond motifs is 3. The molecule has 1 aliphatic heterocycles. The van der Waals surface area contributed by atoms with Crippen LogP contribution in [-0.2, 0) is 4.79 Å². The number of nitrogens with one attached hydrogen (secondary N) is 3. The van der Waals surface area contributed by atoms with Crippen LogP contribution in [0.2, 0.25) is 0 Å². The fourth-order valence-corrected chi connectivity index (χ4v) is 3.56. The standard InChI is InChI=1S/C21H20FN7O2/c1-31-13-7-5-12(6-8-13)18-27-19-14-3-2-4-15(22)17(14)26-21(29(19)28-18)25-16-11-23-9-10-24-20(16)30/h2-8,16,23H,9-11H2,1H3,(H,24,30)(H,25,26)/t16-/m1/s1. The first-order chi connectivity index (χ1) is 15.1. The fourth-order valence-electron chi connectivity index (χ4n) is 3.56. The summed E-state index contributed by atoms with van der Waals surface area (Å²) in [6.07, 6.45) is 0. The normalized spacial score (nSPS) is 16.8. The van der Waals surface area contributed by atoms with Gasteiger partial charge in [0.15, 0.2) is 11.5 Å². The molecule has 1 aliphatic rings. The number of halogens is 1. The number of hydrogen-bond acceptors (Lipinski definition) is 7. The van der Waals surface area contributed by atoms with Crippen molar-refractivity contribution in [1.82, 2.24) is 30.2 Å². The largest absolute Gasteiger partial charge is 0.497 e. The van der Waals surface area contributed by atoms with Crippen molar-refractivity contribution in [2.24, 2.45) is 0 Å². The Morgan fingerprint density at radius 1 is 1.16 bits per heavy atom. The molecule has 1 fully saturated rings. The van der Waals surface area contributed by atoms with E-state index in [1.165, 1.54) is 10.6 Å². The van der Waals surface area contributed by atoms with Crippen LogP contribution in [0.15, 0.2) is 42.5 Å². The molecule has 4 aromatic rings. The maximum atomic E-state index is 14.6. The number of aromatic nitrogens is 4. The van der Waals surface area contributed by atoms with Crippen LogP contribution in [0.5, 0.6) is 5.75 Å². The van der Waals surface area contributed by atoms with Crippen LogP contribution in [0.3, 0.4) is 0 Å². The van der Waals surface area contributed by atoms with Crippen LogP contribution >= 0.6 is 0 Å². The zero-order valence-electron chi connectivity index (χ0n) is 16.7. The van der Waals surface area contributed by atoms with Gasteiger partial charge in [0.1, 0.15) is 23.1 Å². The van der Waals surface area contributed by atoms with E-state index >= 15 is 0 Å². The second kappa shape index (κ2) is 7.80. The Kier molecular flexibility index (Phi) is 4.83. The van der Waals surface area contributed by atoms with Crippen molar-refractivity contribution in [1.29, 1.82) is 0 Å². The van der Waals surface area contributed by atoms with Gasteiger partial charge >= 0.3 is 0 Å². The average Bonchev–Trinajstić information content (AvgIpc) is 3.15. The van der Waals surface area contributed by atoms with Crippen molar-refractivity contribution >= 4 is 28.4 Å². The molecule has 158 valence electrons. The van der Waals surface area contributed by atoms with Gasteiger partial charge in [0.05, 0.1) is 7.11 Å². The highest BCUT2D eigenvalue weighted by Gasteiger charge is 2.24. The summed E-state index contributed by atoms with van der Waals surface area (Å²) in [5.41, 5.74) is 1.38. The van der Waals surface area contributed by atoms with Gasteiger partial charge in [0, 0.05) is 30.6 Å². The van der Waals surface area contributed by atoms with Crippen molar-refractivity contribution < 1.29 is 13.9 Å². The number of ether oxygens (including phenoxy) is 1. The molecule has 2 aromatic heterocycles. The first-order valence-corrected chi connectivity index (χ1v) is 9.88. The van der Waals surface area contributed by atoms with Crippen molar-refractivity contribution in [3.8, 4) is 17.1 Å². The number of rotatable bonds is 4. The molecule has 0 aliphatic carbocycles. The van der Waals surface area contributed by atoms with Gasteiger partial charge in [-0.1, -0.05) is 6.07 Å². The zero-order valence-corrected chi connectivity index (χ0v) is 16.7. The molecular weight excluding hydrogens is 401 g/mol. The van der Waals surface area contributed by atoms with E-state index in [0.717, 1.165) is 11.3 Å². The molecule has 0 unspecified atom stereocenters. The van der Waals surface area contributed by atoms with Crippen molar-refractivity contribution in [3.05, 3.63) is 48.3 Å². The number of carbonyl (C=O) groups is 1. The molecule has 1 amide bonds. The third kappa shape index (κ3) is 3.50. The van der Waals surface area contributed by atoms with Crippen LogP contribution in [0.4, 0.5) is 10.3 Å². The molecule has 9 nitrogen and oxygen atoms in total. The van der Waals surface area contributed by atoms with Crippen LogP contribution in [0.1, 0.15) is 0 Å². The summed E-state index contributed by atoms with van der Waals surface area (Å²) in [5.74, 6) is 0.775. The van der Waals surface area contributed by atoms with E-state index in [4.69, 9.17) is 4.74 Å². The summed E-state index contributed by atoms with van der Waals surface area (Å²) in [5, 5.41) is 14.2. The minimum atomic E-state index is -0.587. The second-order valence-corrected chi connectivity index (χ2v) is 7.16. The smallest absolute Gasteiger partial charge is 0.243 e. The molecule has 0 radical (unpaired) electrons. The van der Waals surface area contributed by atoms with E-state index in [0.29, 0.717) is 36.5 Å². The number of amides is 1. The van der Waals surface area contributed by atoms with Crippen LogP contribution in [0.25, 0.3) is 27.9 Å². The van der Waals surface area contributed by atoms with Crippen molar-refractivity contribution in [2.45, 2.75) is 6.04 Å². The van der Waals surface area contributed by atoms with E-state index in [1.807, 2.05) is 24.3 Å². The van der Waals surface area contributed by atoms with Crippen LogP contribution in [0, 0.1) is 5.82 Å². The third-order valence-corrected chi connectivity index (χ3v) is 5.17. The third-order valence-electron chi connectivity index (χ3n) is 5.17. The number of nitrogens with zero attached hydrogens (tertiary/aromatic N) is 4. The summed E-state index contributed by atoms with van der Waals surface area (Å²) >= 11 is 0. The van der Waals surface area contributed by atoms with E-state index in [-0.39, 0.29) is 17.4 Å². The Balaban J connectivity index is 1.66. The highest BCUT2D eigenvalue weighted by molar-refractivity contribution is 5.93. The Bertz CT molecular complexity index is 1270. The number of hydrogen-bond donors (Lipinski definition) is 3. The number of carbonyl (C=O) groups excluding carboxylic acids is 1. The van der Waals surface area contributed by atoms with Crippen LogP contribution in [-0.4, -0.2) is 58.3 Å². The maximum absolute atomic E-state index is 14.6. The average molecular weight is 421 g/mol. The minimum absolute atomic E-state index is 0.160. The molecule has 5 rings (SSSR count). The van der Waals surface area contributed by atoms with Crippen molar-refractivity contribution in [2.75, 3.05) is 32.1 Å². The SMILES string of the molecule is COc1ccc(-c2nc3c4cccc(F)c4nc(N[C@@H]4CNCCNC4=O)n3n2)cc1. The van der Waals surface area contributed by atoms with E-state index < -0.39 is 11.9 Å². The Labute approximate surface area is 176 Å². The zero-order chi connectivity index (χ0) is 21.4. The van der Waals surface area contributed by atoms with Gasteiger partial charge in [-0.15, -0.1) is 5.10 Å². The van der Waals surface area contributed by atoms with Crippen molar-refractivity contribution in [3.63, 3.8) is 0 Å². The molecule has 0 spiro atoms. The van der Waals surface area contributed by atoms with E-state index in [2.05, 4.69) is 31.0 Å². The molecule has 0 bridgehead atoms. The molecule has 0 saturated carbocycles. The lowest BCUT2D eigenvalue weighted by molar-refractivity contribution is -0.121. The monoisotopic (exact) mass is 421 g/mol. The van der Waals surface area contributed by atoms with Gasteiger partial charge in [-0.3, -0.25) is 4.79 Å². The topological polar surface area (TPSA) is 105 Å². The number of benzene rings is 2. The lowest BCUT2D eigenvalue weighted by Gasteiger charge is -2.16. The first kappa shape index (κ1) is 19.2. The highest BCUT2D eigenvalue weighted by atomic mass is 19.1. The highest BCUT2D eigenvalue weighted by Crippen LogP contribution is 2.26. The summed E-state index contributed by atoms with van der Waals surface area (Å²) in [7, 11) is 1.60. The van der Waals surface area contributed by atoms with E-state index in [9.17, 15) is 9.18 Å². The predicted octanol–water partition coefficient (Wildman–Crippen LogP) is 1.59. The number of para-hydroxylation sites is 1. The fraction of sp³-hybridized carbons (Fsp3) is 0.238.